The molecule has 1 aromatic rings. The molecule has 0 bridgehead atoms. The van der Waals surface area contributed by atoms with Crippen LogP contribution in [0, 0.1) is 18.4 Å². The van der Waals surface area contributed by atoms with Crippen molar-refractivity contribution in [2.45, 2.75) is 59.5 Å². The lowest BCUT2D eigenvalue weighted by atomic mass is 10.0. The number of rotatable bonds is 2. The molecule has 1 aromatic carbocycles. The first-order valence-electron chi connectivity index (χ1n) is 9.99. The Morgan fingerprint density at radius 3 is 2.29 bits per heavy atom. The monoisotopic (exact) mass is 401 g/mol. The predicted molar refractivity (Wildman–Crippen MR) is 119 cm³/mol. The maximum Gasteiger partial charge on any atom is 0.410 e. The molecule has 1 aliphatic rings. The second-order valence-electron chi connectivity index (χ2n) is 9.44. The van der Waals surface area contributed by atoms with Crippen molar-refractivity contribution in [1.82, 2.24) is 4.90 Å². The van der Waals surface area contributed by atoms with E-state index in [2.05, 4.69) is 55.1 Å². The fourth-order valence-electron chi connectivity index (χ4n) is 3.01. The van der Waals surface area contributed by atoms with Crippen LogP contribution in [0.25, 0.3) is 0 Å². The highest BCUT2D eigenvalue weighted by Crippen LogP contribution is 2.25. The number of nitrogens with zero attached hydrogens (tertiary/aromatic N) is 2. The lowest BCUT2D eigenvalue weighted by Crippen LogP contribution is -2.50. The van der Waals surface area contributed by atoms with E-state index in [9.17, 15) is 4.79 Å². The van der Waals surface area contributed by atoms with E-state index in [-0.39, 0.29) is 6.09 Å². The van der Waals surface area contributed by atoms with E-state index in [0.29, 0.717) is 19.6 Å². The molecule has 5 nitrogen and oxygen atoms in total. The van der Waals surface area contributed by atoms with Crippen LogP contribution in [0.3, 0.4) is 0 Å². The summed E-state index contributed by atoms with van der Waals surface area (Å²) in [6, 6.07) is 4.34. The summed E-state index contributed by atoms with van der Waals surface area (Å²) in [5.74, 6) is 3.40. The number of carbonyl (C=O) groups is 1. The maximum absolute atomic E-state index is 12.3. The molecule has 1 aliphatic heterocycles. The molecule has 2 N–H and O–H groups in total. The Labute approximate surface area is 171 Å². The van der Waals surface area contributed by atoms with Crippen molar-refractivity contribution < 1.29 is 9.53 Å². The van der Waals surface area contributed by atoms with Gasteiger partial charge in [0, 0.05) is 44.0 Å². The summed E-state index contributed by atoms with van der Waals surface area (Å²) >= 11 is 0. The van der Waals surface area contributed by atoms with Gasteiger partial charge in [-0.25, -0.2) is 4.79 Å². The van der Waals surface area contributed by atoms with Gasteiger partial charge in [-0.2, -0.15) is 0 Å². The first-order chi connectivity index (χ1) is 12.9. The molecule has 2 rings (SSSR count). The number of carbonyl (C=O) groups excluding carboxylic acids is 1. The number of piperazine rings is 1. The largest absolute Gasteiger partial charge is 0.444 e. The molecule has 0 saturated carbocycles. The third-order valence-electron chi connectivity index (χ3n) is 4.59. The zero-order valence-corrected chi connectivity index (χ0v) is 19.5. The van der Waals surface area contributed by atoms with E-state index in [1.807, 2.05) is 20.8 Å². The van der Waals surface area contributed by atoms with Gasteiger partial charge in [-0.1, -0.05) is 25.6 Å². The normalized spacial score (nSPS) is 15.1. The average molecular weight is 402 g/mol. The van der Waals surface area contributed by atoms with Crippen LogP contribution in [0.4, 0.5) is 10.5 Å². The van der Waals surface area contributed by atoms with Gasteiger partial charge in [-0.3, -0.25) is 0 Å². The molecule has 0 spiro atoms. The van der Waals surface area contributed by atoms with E-state index in [1.54, 1.807) is 4.90 Å². The molecule has 0 aliphatic carbocycles. The van der Waals surface area contributed by atoms with E-state index in [0.717, 1.165) is 29.9 Å². The zero-order chi connectivity index (χ0) is 21.1. The van der Waals surface area contributed by atoms with Crippen molar-refractivity contribution in [2.24, 2.45) is 5.73 Å². The fraction of sp³-hybridized carbons (Fsp3) is 0.591. The highest BCUT2D eigenvalue weighted by atomic mass is 28.3. The van der Waals surface area contributed by atoms with Crippen LogP contribution >= 0.6 is 0 Å². The van der Waals surface area contributed by atoms with Crippen LogP contribution in [0.2, 0.25) is 19.6 Å². The predicted octanol–water partition coefficient (Wildman–Crippen LogP) is 3.74. The van der Waals surface area contributed by atoms with E-state index >= 15 is 0 Å². The fourth-order valence-corrected chi connectivity index (χ4v) is 3.52. The van der Waals surface area contributed by atoms with Crippen LogP contribution in [-0.4, -0.2) is 50.8 Å². The van der Waals surface area contributed by atoms with Gasteiger partial charge in [0.2, 0.25) is 0 Å². The molecule has 0 unspecified atom stereocenters. The second-order valence-corrected chi connectivity index (χ2v) is 14.2. The molecule has 6 heteroatoms. The minimum absolute atomic E-state index is 0.236. The first kappa shape index (κ1) is 22.3. The summed E-state index contributed by atoms with van der Waals surface area (Å²) < 4.78 is 5.49. The zero-order valence-electron chi connectivity index (χ0n) is 18.5. The highest BCUT2D eigenvalue weighted by Gasteiger charge is 2.26. The summed E-state index contributed by atoms with van der Waals surface area (Å²) in [6.45, 7) is 17.9. The molecule has 0 aromatic heterocycles. The summed E-state index contributed by atoms with van der Waals surface area (Å²) in [6.07, 6.45) is -0.236. The molecule has 1 saturated heterocycles. The van der Waals surface area contributed by atoms with Crippen LogP contribution in [0.5, 0.6) is 0 Å². The molecule has 0 atom stereocenters. The SMILES string of the molecule is Cc1c(C#C[Si](C)(C)C)cc(N2CCN(C(=O)OC(C)(C)C)CC2)cc1CN. The molecule has 28 heavy (non-hydrogen) atoms. The molecular weight excluding hydrogens is 366 g/mol. The Bertz CT molecular complexity index is 774. The topological polar surface area (TPSA) is 58.8 Å². The number of nitrogens with two attached hydrogens (primary N) is 1. The molecule has 1 heterocycles. The van der Waals surface area contributed by atoms with Gasteiger partial charge in [0.15, 0.2) is 0 Å². The van der Waals surface area contributed by atoms with Gasteiger partial charge in [0.25, 0.3) is 0 Å². The van der Waals surface area contributed by atoms with E-state index in [1.165, 1.54) is 5.56 Å². The standard InChI is InChI=1S/C22H35N3O2Si/c1-17-18(8-13-28(5,6)7)14-20(15-19(17)16-23)24-9-11-25(12-10-24)21(26)27-22(2,3)4/h14-15H,9-12,16,23H2,1-7H3. The maximum atomic E-state index is 12.3. The van der Waals surface area contributed by atoms with Crippen LogP contribution < -0.4 is 10.6 Å². The smallest absolute Gasteiger partial charge is 0.410 e. The third-order valence-corrected chi connectivity index (χ3v) is 5.46. The molecule has 1 amide bonds. The number of ether oxygens (including phenoxy) is 1. The first-order valence-corrected chi connectivity index (χ1v) is 13.5. The average Bonchev–Trinajstić information content (AvgIpc) is 2.59. The molecular formula is C22H35N3O2Si. The minimum Gasteiger partial charge on any atom is -0.444 e. The minimum atomic E-state index is -1.45. The summed E-state index contributed by atoms with van der Waals surface area (Å²) in [4.78, 5) is 16.4. The number of hydrogen-bond acceptors (Lipinski definition) is 4. The highest BCUT2D eigenvalue weighted by molar-refractivity contribution is 6.83. The van der Waals surface area contributed by atoms with Crippen molar-refractivity contribution in [3.63, 3.8) is 0 Å². The lowest BCUT2D eigenvalue weighted by molar-refractivity contribution is 0.0240. The van der Waals surface area contributed by atoms with Crippen molar-refractivity contribution in [3.8, 4) is 11.5 Å². The summed E-state index contributed by atoms with van der Waals surface area (Å²) in [5.41, 5.74) is 13.5. The second kappa shape index (κ2) is 8.58. The Kier molecular flexibility index (Phi) is 6.84. The van der Waals surface area contributed by atoms with Crippen molar-refractivity contribution >= 4 is 19.9 Å². The van der Waals surface area contributed by atoms with Gasteiger partial charge < -0.3 is 20.3 Å². The molecule has 1 fully saturated rings. The number of benzene rings is 1. The van der Waals surface area contributed by atoms with Crippen LogP contribution in [0.15, 0.2) is 12.1 Å². The summed E-state index contributed by atoms with van der Waals surface area (Å²) in [7, 11) is -1.45. The van der Waals surface area contributed by atoms with Gasteiger partial charge in [-0.05, 0) is 51.0 Å². The van der Waals surface area contributed by atoms with Gasteiger partial charge >= 0.3 is 6.09 Å². The van der Waals surface area contributed by atoms with Crippen molar-refractivity contribution in [3.05, 3.63) is 28.8 Å². The Morgan fingerprint density at radius 1 is 1.18 bits per heavy atom. The number of hydrogen-bond donors (Lipinski definition) is 1. The number of anilines is 1. The van der Waals surface area contributed by atoms with Crippen molar-refractivity contribution in [2.75, 3.05) is 31.1 Å². The number of amides is 1. The Hall–Kier alpha value is -1.97. The van der Waals surface area contributed by atoms with E-state index < -0.39 is 13.7 Å². The lowest BCUT2D eigenvalue weighted by Gasteiger charge is -2.37. The quantitative estimate of drug-likeness (QED) is 0.606. The molecule has 0 radical (unpaired) electrons. The summed E-state index contributed by atoms with van der Waals surface area (Å²) in [5, 5.41) is 0. The van der Waals surface area contributed by atoms with E-state index in [4.69, 9.17) is 10.5 Å². The Morgan fingerprint density at radius 2 is 1.79 bits per heavy atom. The van der Waals surface area contributed by atoms with Gasteiger partial charge in [0.1, 0.15) is 13.7 Å². The van der Waals surface area contributed by atoms with Crippen LogP contribution in [-0.2, 0) is 11.3 Å². The third kappa shape index (κ3) is 6.28. The van der Waals surface area contributed by atoms with Gasteiger partial charge in [0.05, 0.1) is 0 Å². The Balaban J connectivity index is 2.18. The van der Waals surface area contributed by atoms with Crippen LogP contribution in [0.1, 0.15) is 37.5 Å². The van der Waals surface area contributed by atoms with Crippen molar-refractivity contribution in [1.29, 1.82) is 0 Å². The van der Waals surface area contributed by atoms with Gasteiger partial charge in [-0.15, -0.1) is 5.54 Å². The molecule has 154 valence electrons.